The fourth-order valence-electron chi connectivity index (χ4n) is 1.28. The van der Waals surface area contributed by atoms with Gasteiger partial charge in [-0.25, -0.2) is 0 Å². The van der Waals surface area contributed by atoms with Crippen molar-refractivity contribution in [3.05, 3.63) is 12.7 Å². The Hall–Kier alpha value is -0.680. The van der Waals surface area contributed by atoms with Crippen molar-refractivity contribution in [1.82, 2.24) is 5.32 Å². The molecular weight excluding hydrogens is 243 g/mol. The summed E-state index contributed by atoms with van der Waals surface area (Å²) in [6.45, 7) is 9.46. The molecule has 7 heteroatoms. The Labute approximate surface area is 102 Å². The predicted octanol–water partition coefficient (Wildman–Crippen LogP) is 2.20. The Kier molecular flexibility index (Phi) is 8.08. The second kappa shape index (κ2) is 8.42. The molecule has 0 spiro atoms. The monoisotopic (exact) mass is 264 g/mol. The first-order chi connectivity index (χ1) is 8.05. The van der Waals surface area contributed by atoms with E-state index in [-0.39, 0.29) is 18.9 Å². The van der Waals surface area contributed by atoms with E-state index in [0.29, 0.717) is 6.54 Å². The van der Waals surface area contributed by atoms with Crippen molar-refractivity contribution in [2.24, 2.45) is 5.16 Å². The molecule has 0 fully saturated rings. The summed E-state index contributed by atoms with van der Waals surface area (Å²) in [4.78, 5) is 0. The van der Waals surface area contributed by atoms with Gasteiger partial charge >= 0.3 is 7.60 Å². The number of rotatable bonds is 9. The third kappa shape index (κ3) is 5.00. The molecule has 17 heavy (non-hydrogen) atoms. The molecule has 0 rings (SSSR count). The molecule has 0 saturated heterocycles. The first-order valence-electron chi connectivity index (χ1n) is 5.47. The zero-order chi connectivity index (χ0) is 13.3. The van der Waals surface area contributed by atoms with Crippen LogP contribution in [0.2, 0.25) is 0 Å². The van der Waals surface area contributed by atoms with Crippen molar-refractivity contribution in [1.29, 1.82) is 0 Å². The van der Waals surface area contributed by atoms with Crippen LogP contribution in [-0.4, -0.2) is 36.5 Å². The third-order valence-electron chi connectivity index (χ3n) is 1.94. The van der Waals surface area contributed by atoms with Crippen LogP contribution >= 0.6 is 7.60 Å². The summed E-state index contributed by atoms with van der Waals surface area (Å²) in [5.74, 6) is -0.773. The van der Waals surface area contributed by atoms with Crippen molar-refractivity contribution in [2.75, 3.05) is 19.8 Å². The minimum Gasteiger partial charge on any atom is -0.411 e. The number of hydrogen-bond acceptors (Lipinski definition) is 6. The van der Waals surface area contributed by atoms with E-state index in [9.17, 15) is 4.57 Å². The van der Waals surface area contributed by atoms with Gasteiger partial charge in [0.1, 0.15) is 0 Å². The van der Waals surface area contributed by atoms with Gasteiger partial charge in [-0.1, -0.05) is 11.2 Å². The summed E-state index contributed by atoms with van der Waals surface area (Å²) in [5.41, 5.74) is 0.247. The lowest BCUT2D eigenvalue weighted by molar-refractivity contribution is 0.213. The number of nitrogens with one attached hydrogen (secondary N) is 1. The van der Waals surface area contributed by atoms with Crippen molar-refractivity contribution >= 4 is 13.3 Å². The molecular formula is C10H21N2O4P. The van der Waals surface area contributed by atoms with Crippen LogP contribution in [0.3, 0.4) is 0 Å². The Morgan fingerprint density at radius 1 is 1.53 bits per heavy atom. The lowest BCUT2D eigenvalue weighted by atomic mass is 10.4. The van der Waals surface area contributed by atoms with E-state index >= 15 is 0 Å². The Balaban J connectivity index is 5.05. The Morgan fingerprint density at radius 2 is 2.06 bits per heavy atom. The van der Waals surface area contributed by atoms with Crippen LogP contribution in [0.5, 0.6) is 0 Å². The van der Waals surface area contributed by atoms with Crippen molar-refractivity contribution in [3.8, 4) is 0 Å². The summed E-state index contributed by atoms with van der Waals surface area (Å²) in [6.07, 6.45) is 1.61. The van der Waals surface area contributed by atoms with E-state index in [1.54, 1.807) is 26.8 Å². The Morgan fingerprint density at radius 3 is 2.41 bits per heavy atom. The first-order valence-corrected chi connectivity index (χ1v) is 7.08. The average Bonchev–Trinajstić information content (AvgIpc) is 2.29. The predicted molar refractivity (Wildman–Crippen MR) is 67.7 cm³/mol. The molecule has 0 saturated carbocycles. The highest BCUT2D eigenvalue weighted by molar-refractivity contribution is 7.55. The zero-order valence-corrected chi connectivity index (χ0v) is 11.4. The number of nitrogens with zero attached hydrogens (tertiary/aromatic N) is 1. The average molecular weight is 264 g/mol. The van der Waals surface area contributed by atoms with Gasteiger partial charge in [0.05, 0.1) is 18.9 Å². The standard InChI is InChI=1S/C10H21N2O4P/c1-5-8-11-10(9(4)12-13)17(14,15-6-2)16-7-3/h5,10-11,13H,1,6-8H2,2-4H3/b12-9+. The molecule has 0 aliphatic heterocycles. The zero-order valence-electron chi connectivity index (χ0n) is 10.5. The fourth-order valence-corrected chi connectivity index (χ4v) is 3.21. The molecule has 0 aromatic rings. The maximum absolute atomic E-state index is 12.5. The molecule has 0 bridgehead atoms. The lowest BCUT2D eigenvalue weighted by Crippen LogP contribution is -2.36. The van der Waals surface area contributed by atoms with Gasteiger partial charge in [0.15, 0.2) is 5.78 Å². The van der Waals surface area contributed by atoms with Crippen LogP contribution in [0.25, 0.3) is 0 Å². The highest BCUT2D eigenvalue weighted by Gasteiger charge is 2.37. The van der Waals surface area contributed by atoms with Gasteiger partial charge in [-0.05, 0) is 20.8 Å². The molecule has 0 aliphatic rings. The summed E-state index contributed by atoms with van der Waals surface area (Å²) in [5, 5.41) is 14.8. The van der Waals surface area contributed by atoms with Crippen molar-refractivity contribution < 1.29 is 18.8 Å². The van der Waals surface area contributed by atoms with Gasteiger partial charge in [-0.3, -0.25) is 9.88 Å². The molecule has 6 nitrogen and oxygen atoms in total. The fraction of sp³-hybridized carbons (Fsp3) is 0.700. The second-order valence-corrected chi connectivity index (χ2v) is 5.33. The van der Waals surface area contributed by atoms with E-state index in [1.165, 1.54) is 0 Å². The van der Waals surface area contributed by atoms with Gasteiger partial charge in [0.2, 0.25) is 0 Å². The molecule has 0 amide bonds. The summed E-state index contributed by atoms with van der Waals surface area (Å²) in [6, 6.07) is 0. The van der Waals surface area contributed by atoms with Gasteiger partial charge in [-0.15, -0.1) is 6.58 Å². The minimum absolute atomic E-state index is 0.247. The van der Waals surface area contributed by atoms with Gasteiger partial charge < -0.3 is 14.3 Å². The highest BCUT2D eigenvalue weighted by atomic mass is 31.2. The lowest BCUT2D eigenvalue weighted by Gasteiger charge is -2.26. The molecule has 0 aliphatic carbocycles. The van der Waals surface area contributed by atoms with E-state index in [4.69, 9.17) is 14.3 Å². The van der Waals surface area contributed by atoms with E-state index < -0.39 is 13.4 Å². The molecule has 2 N–H and O–H groups in total. The van der Waals surface area contributed by atoms with Crippen molar-refractivity contribution in [2.45, 2.75) is 26.6 Å². The van der Waals surface area contributed by atoms with Crippen LogP contribution in [0.15, 0.2) is 17.8 Å². The van der Waals surface area contributed by atoms with Crippen LogP contribution in [-0.2, 0) is 13.6 Å². The summed E-state index contributed by atoms with van der Waals surface area (Å²) >= 11 is 0. The molecule has 1 atom stereocenters. The molecule has 100 valence electrons. The quantitative estimate of drug-likeness (QED) is 0.219. The third-order valence-corrected chi connectivity index (χ3v) is 4.37. The van der Waals surface area contributed by atoms with Crippen molar-refractivity contribution in [3.63, 3.8) is 0 Å². The summed E-state index contributed by atoms with van der Waals surface area (Å²) in [7, 11) is -3.38. The second-order valence-electron chi connectivity index (χ2n) is 3.22. The molecule has 0 aromatic heterocycles. The summed E-state index contributed by atoms with van der Waals surface area (Å²) < 4.78 is 22.9. The molecule has 0 aromatic carbocycles. The van der Waals surface area contributed by atoms with E-state index in [2.05, 4.69) is 17.1 Å². The highest BCUT2D eigenvalue weighted by Crippen LogP contribution is 2.52. The smallest absolute Gasteiger partial charge is 0.353 e. The molecule has 0 heterocycles. The largest absolute Gasteiger partial charge is 0.411 e. The molecule has 0 radical (unpaired) electrons. The van der Waals surface area contributed by atoms with E-state index in [1.807, 2.05) is 0 Å². The first kappa shape index (κ1) is 16.3. The van der Waals surface area contributed by atoms with E-state index in [0.717, 1.165) is 0 Å². The SMILES string of the molecule is C=CCNC(/C(C)=N/O)P(=O)(OCC)OCC. The normalized spacial score (nSPS) is 14.6. The molecule has 1 unspecified atom stereocenters. The van der Waals surface area contributed by atoms with Crippen LogP contribution in [0.1, 0.15) is 20.8 Å². The van der Waals surface area contributed by atoms with Gasteiger partial charge in [-0.2, -0.15) is 0 Å². The van der Waals surface area contributed by atoms with Crippen LogP contribution in [0, 0.1) is 0 Å². The topological polar surface area (TPSA) is 80.2 Å². The maximum atomic E-state index is 12.5. The van der Waals surface area contributed by atoms with Crippen LogP contribution in [0.4, 0.5) is 0 Å². The number of oxime groups is 1. The van der Waals surface area contributed by atoms with Gasteiger partial charge in [0, 0.05) is 6.54 Å². The number of hydrogen-bond donors (Lipinski definition) is 2. The Bertz CT molecular complexity index is 297. The van der Waals surface area contributed by atoms with Gasteiger partial charge in [0.25, 0.3) is 0 Å². The maximum Gasteiger partial charge on any atom is 0.353 e. The van der Waals surface area contributed by atoms with Crippen LogP contribution < -0.4 is 5.32 Å². The minimum atomic E-state index is -3.38.